The molecule has 146 valence electrons. The Morgan fingerprint density at radius 2 is 2.11 bits per heavy atom. The van der Waals surface area contributed by atoms with Gasteiger partial charge in [-0.1, -0.05) is 41.6 Å². The van der Waals surface area contributed by atoms with Crippen molar-refractivity contribution >= 4 is 51.6 Å². The van der Waals surface area contributed by atoms with Crippen LogP contribution in [0.4, 0.5) is 5.00 Å². The van der Waals surface area contributed by atoms with Crippen molar-refractivity contribution in [1.29, 1.82) is 0 Å². The molecule has 0 atom stereocenters. The van der Waals surface area contributed by atoms with Crippen LogP contribution in [0.1, 0.15) is 23.1 Å². The van der Waals surface area contributed by atoms with Gasteiger partial charge in [0.1, 0.15) is 16.4 Å². The number of hydrogen-bond acceptors (Lipinski definition) is 7. The van der Waals surface area contributed by atoms with Crippen LogP contribution < -0.4 is 5.32 Å². The molecule has 0 aliphatic rings. The van der Waals surface area contributed by atoms with E-state index in [0.29, 0.717) is 37.7 Å². The number of aromatic nitrogens is 3. The quantitative estimate of drug-likeness (QED) is 0.420. The third-order valence-corrected chi connectivity index (χ3v) is 5.67. The Labute approximate surface area is 174 Å². The van der Waals surface area contributed by atoms with Gasteiger partial charge < -0.3 is 10.1 Å². The van der Waals surface area contributed by atoms with E-state index in [2.05, 4.69) is 20.5 Å². The molecule has 28 heavy (non-hydrogen) atoms. The van der Waals surface area contributed by atoms with E-state index in [1.165, 1.54) is 23.1 Å². The first-order valence-corrected chi connectivity index (χ1v) is 10.6. The van der Waals surface area contributed by atoms with E-state index in [0.717, 1.165) is 0 Å². The van der Waals surface area contributed by atoms with Crippen LogP contribution in [0.3, 0.4) is 0 Å². The number of halogens is 1. The van der Waals surface area contributed by atoms with Gasteiger partial charge in [-0.15, -0.1) is 16.4 Å². The molecule has 2 heterocycles. The fraction of sp³-hybridized carbons (Fsp3) is 0.222. The highest BCUT2D eigenvalue weighted by atomic mass is 35.5. The molecule has 0 radical (unpaired) electrons. The van der Waals surface area contributed by atoms with Crippen LogP contribution in [0.15, 0.2) is 34.8 Å². The maximum Gasteiger partial charge on any atom is 0.341 e. The number of anilines is 1. The molecule has 0 aliphatic heterocycles. The van der Waals surface area contributed by atoms with Crippen LogP contribution in [0.2, 0.25) is 5.02 Å². The van der Waals surface area contributed by atoms with Gasteiger partial charge in [-0.05, 0) is 19.9 Å². The number of carbonyl (C=O) groups excluding carboxylic acids is 2. The highest BCUT2D eigenvalue weighted by Gasteiger charge is 2.24. The highest BCUT2D eigenvalue weighted by molar-refractivity contribution is 7.99. The smallest absolute Gasteiger partial charge is 0.341 e. The average molecular weight is 437 g/mol. The fourth-order valence-electron chi connectivity index (χ4n) is 2.41. The molecule has 0 saturated carbocycles. The first-order valence-electron chi connectivity index (χ1n) is 8.34. The van der Waals surface area contributed by atoms with Crippen LogP contribution in [-0.2, 0) is 9.53 Å². The number of esters is 1. The number of benzene rings is 1. The molecule has 2 aromatic heterocycles. The van der Waals surface area contributed by atoms with Crippen LogP contribution in [-0.4, -0.2) is 39.4 Å². The van der Waals surface area contributed by atoms with Crippen molar-refractivity contribution in [3.63, 3.8) is 0 Å². The van der Waals surface area contributed by atoms with Gasteiger partial charge in [0, 0.05) is 21.5 Å². The number of rotatable bonds is 7. The van der Waals surface area contributed by atoms with Crippen LogP contribution in [0, 0.1) is 6.92 Å². The lowest BCUT2D eigenvalue weighted by Crippen LogP contribution is -2.16. The molecule has 1 aromatic carbocycles. The largest absolute Gasteiger partial charge is 0.462 e. The first kappa shape index (κ1) is 20.4. The van der Waals surface area contributed by atoms with Crippen molar-refractivity contribution in [2.75, 3.05) is 17.7 Å². The normalized spacial score (nSPS) is 10.7. The van der Waals surface area contributed by atoms with Crippen molar-refractivity contribution in [3.05, 3.63) is 46.1 Å². The molecule has 0 unspecified atom stereocenters. The number of aromatic amines is 1. The highest BCUT2D eigenvalue weighted by Crippen LogP contribution is 2.39. The second-order valence-electron chi connectivity index (χ2n) is 5.59. The minimum atomic E-state index is -0.508. The number of amides is 1. The average Bonchev–Trinajstić information content (AvgIpc) is 3.27. The molecule has 0 aliphatic carbocycles. The Morgan fingerprint density at radius 3 is 2.79 bits per heavy atom. The molecule has 2 N–H and O–H groups in total. The van der Waals surface area contributed by atoms with Crippen molar-refractivity contribution in [3.8, 4) is 11.1 Å². The minimum Gasteiger partial charge on any atom is -0.462 e. The number of ether oxygens (including phenoxy) is 1. The summed E-state index contributed by atoms with van der Waals surface area (Å²) in [6.45, 7) is 3.74. The number of thioether (sulfide) groups is 1. The van der Waals surface area contributed by atoms with Crippen LogP contribution in [0.5, 0.6) is 0 Å². The summed E-state index contributed by atoms with van der Waals surface area (Å²) in [5.41, 5.74) is 1.63. The second-order valence-corrected chi connectivity index (χ2v) is 7.82. The summed E-state index contributed by atoms with van der Waals surface area (Å²) in [5.74, 6) is 0.00530. The minimum absolute atomic E-state index is 0.110. The first-order chi connectivity index (χ1) is 13.5. The van der Waals surface area contributed by atoms with Crippen molar-refractivity contribution < 1.29 is 14.3 Å². The summed E-state index contributed by atoms with van der Waals surface area (Å²) in [6, 6.07) is 7.21. The van der Waals surface area contributed by atoms with E-state index < -0.39 is 5.97 Å². The number of carbonyl (C=O) groups is 2. The van der Waals surface area contributed by atoms with E-state index in [9.17, 15) is 9.59 Å². The van der Waals surface area contributed by atoms with Gasteiger partial charge in [0.05, 0.1) is 12.4 Å². The summed E-state index contributed by atoms with van der Waals surface area (Å²) < 4.78 is 5.19. The molecule has 10 heteroatoms. The molecular weight excluding hydrogens is 420 g/mol. The Bertz CT molecular complexity index is 1000. The lowest BCUT2D eigenvalue weighted by Gasteiger charge is -2.09. The van der Waals surface area contributed by atoms with Crippen molar-refractivity contribution in [2.24, 2.45) is 0 Å². The maximum absolute atomic E-state index is 12.6. The predicted octanol–water partition coefficient (Wildman–Crippen LogP) is 4.40. The third-order valence-electron chi connectivity index (χ3n) is 3.60. The predicted molar refractivity (Wildman–Crippen MR) is 111 cm³/mol. The van der Waals surface area contributed by atoms with Gasteiger partial charge in [-0.3, -0.25) is 9.89 Å². The lowest BCUT2D eigenvalue weighted by molar-refractivity contribution is -0.113. The Kier molecular flexibility index (Phi) is 6.71. The van der Waals surface area contributed by atoms with Gasteiger partial charge in [-0.2, -0.15) is 0 Å². The molecule has 0 saturated heterocycles. The van der Waals surface area contributed by atoms with Crippen LogP contribution >= 0.6 is 34.7 Å². The van der Waals surface area contributed by atoms with Gasteiger partial charge in [0.15, 0.2) is 0 Å². The molecule has 3 rings (SSSR count). The van der Waals surface area contributed by atoms with Gasteiger partial charge in [-0.25, -0.2) is 9.78 Å². The zero-order valence-corrected chi connectivity index (χ0v) is 17.5. The summed E-state index contributed by atoms with van der Waals surface area (Å²) in [7, 11) is 0. The Balaban J connectivity index is 1.83. The zero-order valence-electron chi connectivity index (χ0n) is 15.1. The van der Waals surface area contributed by atoms with E-state index >= 15 is 0 Å². The molecule has 0 fully saturated rings. The molecule has 7 nitrogen and oxygen atoms in total. The van der Waals surface area contributed by atoms with Gasteiger partial charge in [0.2, 0.25) is 11.1 Å². The van der Waals surface area contributed by atoms with E-state index in [4.69, 9.17) is 16.3 Å². The number of thiophene rings is 1. The van der Waals surface area contributed by atoms with E-state index in [1.54, 1.807) is 25.3 Å². The Hall–Kier alpha value is -2.36. The molecule has 1 amide bonds. The molecule has 0 spiro atoms. The zero-order chi connectivity index (χ0) is 20.1. The number of H-pyrrole nitrogens is 1. The summed E-state index contributed by atoms with van der Waals surface area (Å²) in [5, 5.41) is 12.7. The summed E-state index contributed by atoms with van der Waals surface area (Å²) in [6.07, 6.45) is 0. The standard InChI is InChI=1S/C18H17ClN4O3S2/c1-3-26-17(25)15-12(11-6-4-5-7-13(11)19)8-27-16(15)21-14(24)9-28-18-20-10(2)22-23-18/h4-8H,3,9H2,1-2H3,(H,21,24)(H,20,22,23). The molecule has 0 bridgehead atoms. The van der Waals surface area contributed by atoms with Crippen molar-refractivity contribution in [1.82, 2.24) is 15.2 Å². The van der Waals surface area contributed by atoms with Crippen LogP contribution in [0.25, 0.3) is 11.1 Å². The topological polar surface area (TPSA) is 97.0 Å². The van der Waals surface area contributed by atoms with Gasteiger partial charge in [0.25, 0.3) is 0 Å². The third kappa shape index (κ3) is 4.73. The SMILES string of the molecule is CCOC(=O)c1c(-c2ccccc2Cl)csc1NC(=O)CSc1n[nH]c(C)n1. The number of nitrogens with zero attached hydrogens (tertiary/aromatic N) is 2. The van der Waals surface area contributed by atoms with Gasteiger partial charge >= 0.3 is 5.97 Å². The molecular formula is C18H17ClN4O3S2. The monoisotopic (exact) mass is 436 g/mol. The maximum atomic E-state index is 12.6. The summed E-state index contributed by atoms with van der Waals surface area (Å²) >= 11 is 8.74. The lowest BCUT2D eigenvalue weighted by atomic mass is 10.0. The van der Waals surface area contributed by atoms with E-state index in [-0.39, 0.29) is 18.3 Å². The summed E-state index contributed by atoms with van der Waals surface area (Å²) in [4.78, 5) is 29.1. The fourth-order valence-corrected chi connectivity index (χ4v) is 4.26. The van der Waals surface area contributed by atoms with Crippen molar-refractivity contribution in [2.45, 2.75) is 19.0 Å². The number of aryl methyl sites for hydroxylation is 1. The number of nitrogens with one attached hydrogen (secondary N) is 2. The number of hydrogen-bond donors (Lipinski definition) is 2. The Morgan fingerprint density at radius 1 is 1.32 bits per heavy atom. The second kappa shape index (κ2) is 9.22. The van der Waals surface area contributed by atoms with E-state index in [1.807, 2.05) is 18.2 Å². The molecule has 3 aromatic rings.